The molecule has 1 saturated carbocycles. The van der Waals surface area contributed by atoms with Crippen molar-refractivity contribution < 1.29 is 27.9 Å². The minimum Gasteiger partial charge on any atom is -0.481 e. The number of anilines is 1. The number of amides is 1. The molecule has 2 aromatic carbocycles. The Hall–Kier alpha value is -3.55. The van der Waals surface area contributed by atoms with Crippen molar-refractivity contribution in [3.05, 3.63) is 88.7 Å². The topological polar surface area (TPSA) is 71.3 Å². The lowest BCUT2D eigenvalue weighted by Gasteiger charge is -2.20. The van der Waals surface area contributed by atoms with Crippen LogP contribution in [0.25, 0.3) is 0 Å². The van der Waals surface area contributed by atoms with Gasteiger partial charge in [-0.2, -0.15) is 13.2 Å². The van der Waals surface area contributed by atoms with Gasteiger partial charge in [-0.3, -0.25) is 9.59 Å². The molecule has 4 rings (SSSR count). The summed E-state index contributed by atoms with van der Waals surface area (Å²) in [6.45, 7) is 3.98. The molecule has 2 N–H and O–H groups in total. The van der Waals surface area contributed by atoms with Gasteiger partial charge in [-0.25, -0.2) is 0 Å². The van der Waals surface area contributed by atoms with Crippen molar-refractivity contribution >= 4 is 17.6 Å². The number of nitrogens with zero attached hydrogens (tertiary/aromatic N) is 1. The lowest BCUT2D eigenvalue weighted by atomic mass is 10.0. The molecule has 1 fully saturated rings. The number of aliphatic carboxylic acids is 1. The van der Waals surface area contributed by atoms with E-state index in [2.05, 4.69) is 17.4 Å². The smallest absolute Gasteiger partial charge is 0.418 e. The Morgan fingerprint density at radius 1 is 1.08 bits per heavy atom. The van der Waals surface area contributed by atoms with Crippen LogP contribution in [0.2, 0.25) is 0 Å². The molecule has 0 aliphatic heterocycles. The highest BCUT2D eigenvalue weighted by molar-refractivity contribution is 6.04. The number of hydrogen-bond acceptors (Lipinski definition) is 2. The fraction of sp³-hybridized carbons (Fsp3) is 0.379. The van der Waals surface area contributed by atoms with Crippen molar-refractivity contribution in [3.63, 3.8) is 0 Å². The number of alkyl halides is 3. The molecule has 0 bridgehead atoms. The van der Waals surface area contributed by atoms with Crippen LogP contribution >= 0.6 is 0 Å². The van der Waals surface area contributed by atoms with Gasteiger partial charge in [-0.05, 0) is 80.3 Å². The number of nitrogens with one attached hydrogen (secondary N) is 1. The molecule has 1 aliphatic carbocycles. The van der Waals surface area contributed by atoms with Gasteiger partial charge >= 0.3 is 12.1 Å². The van der Waals surface area contributed by atoms with Crippen LogP contribution < -0.4 is 5.32 Å². The number of aromatic nitrogens is 1. The highest BCUT2D eigenvalue weighted by Gasteiger charge is 2.45. The van der Waals surface area contributed by atoms with E-state index >= 15 is 0 Å². The molecule has 1 aliphatic rings. The highest BCUT2D eigenvalue weighted by atomic mass is 19.4. The van der Waals surface area contributed by atoms with Crippen LogP contribution in [-0.2, 0) is 23.8 Å². The van der Waals surface area contributed by atoms with Crippen LogP contribution in [0.15, 0.2) is 60.7 Å². The molecular formula is C29H31F3N2O3. The molecule has 37 heavy (non-hydrogen) atoms. The summed E-state index contributed by atoms with van der Waals surface area (Å²) in [6.07, 6.45) is -1.06. The van der Waals surface area contributed by atoms with Crippen molar-refractivity contribution in [1.29, 1.82) is 0 Å². The average Bonchev–Trinajstić information content (AvgIpc) is 3.57. The van der Waals surface area contributed by atoms with Crippen LogP contribution in [0.5, 0.6) is 0 Å². The number of halogens is 3. The van der Waals surface area contributed by atoms with Crippen molar-refractivity contribution in [2.75, 3.05) is 5.32 Å². The zero-order valence-electron chi connectivity index (χ0n) is 20.9. The Morgan fingerprint density at radius 3 is 2.43 bits per heavy atom. The molecule has 1 amide bonds. The van der Waals surface area contributed by atoms with E-state index in [0.717, 1.165) is 37.4 Å². The second-order valence-electron chi connectivity index (χ2n) is 9.72. The molecule has 3 aromatic rings. The maximum Gasteiger partial charge on any atom is 0.418 e. The maximum atomic E-state index is 13.7. The summed E-state index contributed by atoms with van der Waals surface area (Å²) in [5.74, 6) is -2.55. The van der Waals surface area contributed by atoms with Gasteiger partial charge in [-0.15, -0.1) is 0 Å². The molecule has 1 aromatic heterocycles. The molecule has 5 nitrogen and oxygen atoms in total. The van der Waals surface area contributed by atoms with Gasteiger partial charge in [0, 0.05) is 11.7 Å². The molecule has 8 heteroatoms. The molecule has 1 unspecified atom stereocenters. The van der Waals surface area contributed by atoms with Gasteiger partial charge in [0.2, 0.25) is 0 Å². The largest absolute Gasteiger partial charge is 0.481 e. The second kappa shape index (κ2) is 10.8. The van der Waals surface area contributed by atoms with Crippen molar-refractivity contribution in [1.82, 2.24) is 4.57 Å². The van der Waals surface area contributed by atoms with Crippen molar-refractivity contribution in [2.45, 2.75) is 64.1 Å². The third kappa shape index (κ3) is 6.06. The van der Waals surface area contributed by atoms with Crippen LogP contribution in [-0.4, -0.2) is 21.6 Å². The SMILES string of the molecule is CCC(C)n1c(CCCc2ccccc2)ccc1C(=O)Nc1cc([C@@H]2C[C@@H]2C(=O)O)ccc1C(F)(F)F. The zero-order chi connectivity index (χ0) is 26.7. The van der Waals surface area contributed by atoms with E-state index in [4.69, 9.17) is 0 Å². The predicted molar refractivity (Wildman–Crippen MR) is 136 cm³/mol. The van der Waals surface area contributed by atoms with Gasteiger partial charge < -0.3 is 15.0 Å². The molecule has 0 spiro atoms. The number of hydrogen-bond donors (Lipinski definition) is 2. The normalized spacial score (nSPS) is 17.9. The van der Waals surface area contributed by atoms with E-state index in [1.807, 2.05) is 42.7 Å². The Balaban J connectivity index is 1.58. The first kappa shape index (κ1) is 26.5. The first-order valence-electron chi connectivity index (χ1n) is 12.6. The summed E-state index contributed by atoms with van der Waals surface area (Å²) in [5.41, 5.74) is 1.66. The zero-order valence-corrected chi connectivity index (χ0v) is 20.9. The Kier molecular flexibility index (Phi) is 7.76. The summed E-state index contributed by atoms with van der Waals surface area (Å²) in [7, 11) is 0. The number of carboxylic acids is 1. The summed E-state index contributed by atoms with van der Waals surface area (Å²) in [5, 5.41) is 11.7. The van der Waals surface area contributed by atoms with Crippen LogP contribution in [0.4, 0.5) is 18.9 Å². The molecule has 0 radical (unpaired) electrons. The monoisotopic (exact) mass is 512 g/mol. The van der Waals surface area contributed by atoms with E-state index in [9.17, 15) is 27.9 Å². The summed E-state index contributed by atoms with van der Waals surface area (Å²) in [6, 6.07) is 17.1. The quantitative estimate of drug-likeness (QED) is 0.305. The van der Waals surface area contributed by atoms with Gasteiger partial charge in [-0.1, -0.05) is 43.3 Å². The Morgan fingerprint density at radius 2 is 1.81 bits per heavy atom. The second-order valence-corrected chi connectivity index (χ2v) is 9.72. The maximum absolute atomic E-state index is 13.7. The molecule has 196 valence electrons. The predicted octanol–water partition coefficient (Wildman–Crippen LogP) is 7.09. The molecular weight excluding hydrogens is 481 g/mol. The third-order valence-electron chi connectivity index (χ3n) is 7.14. The van der Waals surface area contributed by atoms with Gasteiger partial charge in [0.15, 0.2) is 0 Å². The fourth-order valence-corrected chi connectivity index (χ4v) is 4.87. The number of benzene rings is 2. The number of carboxylic acid groups (broad SMARTS) is 1. The van der Waals surface area contributed by atoms with Crippen LogP contribution in [0.1, 0.15) is 77.9 Å². The third-order valence-corrected chi connectivity index (χ3v) is 7.14. The summed E-state index contributed by atoms with van der Waals surface area (Å²) in [4.78, 5) is 24.6. The number of carbonyl (C=O) groups is 2. The van der Waals surface area contributed by atoms with E-state index in [1.165, 1.54) is 17.7 Å². The fourth-order valence-electron chi connectivity index (χ4n) is 4.87. The lowest BCUT2D eigenvalue weighted by Crippen LogP contribution is -2.22. The number of aryl methyl sites for hydroxylation is 2. The summed E-state index contributed by atoms with van der Waals surface area (Å²) < 4.78 is 43.2. The van der Waals surface area contributed by atoms with Gasteiger partial charge in [0.1, 0.15) is 5.69 Å². The van der Waals surface area contributed by atoms with E-state index in [1.54, 1.807) is 6.07 Å². The van der Waals surface area contributed by atoms with Gasteiger partial charge in [0.25, 0.3) is 5.91 Å². The first-order chi connectivity index (χ1) is 17.6. The molecule has 0 saturated heterocycles. The average molecular weight is 513 g/mol. The first-order valence-corrected chi connectivity index (χ1v) is 12.6. The van der Waals surface area contributed by atoms with E-state index in [0.29, 0.717) is 17.7 Å². The van der Waals surface area contributed by atoms with Crippen molar-refractivity contribution in [2.24, 2.45) is 5.92 Å². The Labute approximate surface area is 214 Å². The minimum absolute atomic E-state index is 0.0151. The number of carbonyl (C=O) groups excluding carboxylic acids is 1. The highest BCUT2D eigenvalue weighted by Crippen LogP contribution is 2.49. The minimum atomic E-state index is -4.67. The van der Waals surface area contributed by atoms with Gasteiger partial charge in [0.05, 0.1) is 17.2 Å². The van der Waals surface area contributed by atoms with E-state index < -0.39 is 29.5 Å². The summed E-state index contributed by atoms with van der Waals surface area (Å²) >= 11 is 0. The standard InChI is InChI=1S/C29H31F3N2O3/c1-3-18(2)34-21(11-7-10-19-8-5-4-6-9-19)13-15-26(34)27(35)33-25-16-20(22-17-23(22)28(36)37)12-14-24(25)29(30,31)32/h4-6,8-9,12-16,18,22-23H,3,7,10-11,17H2,1-2H3,(H,33,35)(H,36,37)/t18?,22-,23-/m0/s1. The van der Waals surface area contributed by atoms with Crippen LogP contribution in [0.3, 0.4) is 0 Å². The number of rotatable bonds is 10. The van der Waals surface area contributed by atoms with Crippen LogP contribution in [0, 0.1) is 5.92 Å². The van der Waals surface area contributed by atoms with E-state index in [-0.39, 0.29) is 17.6 Å². The molecule has 1 heterocycles. The Bertz CT molecular complexity index is 1270. The lowest BCUT2D eigenvalue weighted by molar-refractivity contribution is -0.139. The van der Waals surface area contributed by atoms with Crippen molar-refractivity contribution in [3.8, 4) is 0 Å². The molecule has 3 atom stereocenters.